The average Bonchev–Trinajstić information content (AvgIpc) is 3.16. The molecule has 2 N–H and O–H groups in total. The van der Waals surface area contributed by atoms with Gasteiger partial charge in [-0.2, -0.15) is 0 Å². The molecule has 1 aliphatic heterocycles. The molecule has 0 aliphatic carbocycles. The van der Waals surface area contributed by atoms with Crippen LogP contribution in [0.15, 0.2) is 41.9 Å². The van der Waals surface area contributed by atoms with Gasteiger partial charge in [0.15, 0.2) is 0 Å². The second-order valence-electron chi connectivity index (χ2n) is 5.42. The van der Waals surface area contributed by atoms with Crippen molar-refractivity contribution in [1.82, 2.24) is 15.2 Å². The van der Waals surface area contributed by atoms with Crippen molar-refractivity contribution in [3.8, 4) is 0 Å². The zero-order valence-electron chi connectivity index (χ0n) is 12.5. The highest BCUT2D eigenvalue weighted by Crippen LogP contribution is 2.37. The van der Waals surface area contributed by atoms with E-state index in [4.69, 9.17) is 0 Å². The van der Waals surface area contributed by atoms with Gasteiger partial charge >= 0.3 is 0 Å². The Hall–Kier alpha value is -2.25. The van der Waals surface area contributed by atoms with Gasteiger partial charge in [0.05, 0.1) is 18.5 Å². The number of amides is 2. The van der Waals surface area contributed by atoms with Gasteiger partial charge in [0.1, 0.15) is 11.1 Å². The van der Waals surface area contributed by atoms with Crippen LogP contribution in [0.2, 0.25) is 0 Å². The van der Waals surface area contributed by atoms with E-state index in [1.165, 1.54) is 16.2 Å². The number of aliphatic hydroxyl groups is 1. The molecule has 2 amide bonds. The number of carbonyl (C=O) groups is 2. The summed E-state index contributed by atoms with van der Waals surface area (Å²) in [4.78, 5) is 30.2. The summed E-state index contributed by atoms with van der Waals surface area (Å²) in [6, 6.07) is 8.80. The summed E-state index contributed by atoms with van der Waals surface area (Å²) in [7, 11) is 1.61. The summed E-state index contributed by atoms with van der Waals surface area (Å²) in [6.07, 6.45) is 0.335. The average molecular weight is 331 g/mol. The van der Waals surface area contributed by atoms with Crippen molar-refractivity contribution in [2.45, 2.75) is 18.7 Å². The molecule has 1 aliphatic rings. The summed E-state index contributed by atoms with van der Waals surface area (Å²) >= 11 is 1.44. The predicted octanol–water partition coefficient (Wildman–Crippen LogP) is 0.950. The fraction of sp³-hybridized carbons (Fsp3) is 0.312. The Balaban J connectivity index is 1.82. The quantitative estimate of drug-likeness (QED) is 0.874. The molecule has 0 radical (unpaired) electrons. The zero-order chi connectivity index (χ0) is 16.4. The van der Waals surface area contributed by atoms with Crippen molar-refractivity contribution < 1.29 is 14.7 Å². The van der Waals surface area contributed by atoms with Crippen LogP contribution in [0.1, 0.15) is 16.6 Å². The van der Waals surface area contributed by atoms with Gasteiger partial charge in [-0.25, -0.2) is 4.98 Å². The molecule has 2 heterocycles. The lowest BCUT2D eigenvalue weighted by Gasteiger charge is -2.24. The van der Waals surface area contributed by atoms with Crippen LogP contribution in [-0.2, 0) is 16.1 Å². The van der Waals surface area contributed by atoms with Gasteiger partial charge in [-0.05, 0) is 5.56 Å². The molecule has 2 aromatic rings. The van der Waals surface area contributed by atoms with E-state index in [-0.39, 0.29) is 5.91 Å². The molecule has 23 heavy (non-hydrogen) atoms. The number of benzene rings is 1. The Bertz CT molecular complexity index is 690. The van der Waals surface area contributed by atoms with Crippen LogP contribution >= 0.6 is 11.3 Å². The van der Waals surface area contributed by atoms with Crippen molar-refractivity contribution in [3.63, 3.8) is 0 Å². The van der Waals surface area contributed by atoms with E-state index in [1.54, 1.807) is 13.2 Å². The van der Waals surface area contributed by atoms with Crippen LogP contribution in [0.5, 0.6) is 0 Å². The number of carbonyl (C=O) groups excluding carboxylic acids is 2. The minimum Gasteiger partial charge on any atom is -0.382 e. The summed E-state index contributed by atoms with van der Waals surface area (Å²) in [5, 5.41) is 15.6. The van der Waals surface area contributed by atoms with Crippen LogP contribution in [0.4, 0.5) is 0 Å². The fourth-order valence-electron chi connectivity index (χ4n) is 2.90. The van der Waals surface area contributed by atoms with Crippen molar-refractivity contribution in [1.29, 1.82) is 0 Å². The van der Waals surface area contributed by atoms with E-state index < -0.39 is 24.0 Å². The van der Waals surface area contributed by atoms with Gasteiger partial charge in [-0.15, -0.1) is 11.3 Å². The highest BCUT2D eigenvalue weighted by molar-refractivity contribution is 7.09. The first kappa shape index (κ1) is 15.6. The van der Waals surface area contributed by atoms with Gasteiger partial charge in [-0.3, -0.25) is 9.59 Å². The van der Waals surface area contributed by atoms with E-state index in [0.29, 0.717) is 6.54 Å². The number of likely N-dealkylation sites (N-methyl/N-ethyl adjacent to an activating group) is 1. The SMILES string of the molecule is CN1C(=O)[C@H](O)[C@H](C(=O)NCc2nccs2)[C@H]1c1ccccc1. The maximum absolute atomic E-state index is 12.6. The minimum atomic E-state index is -1.33. The van der Waals surface area contributed by atoms with Gasteiger partial charge in [-0.1, -0.05) is 30.3 Å². The second-order valence-corrected chi connectivity index (χ2v) is 6.40. The van der Waals surface area contributed by atoms with E-state index >= 15 is 0 Å². The smallest absolute Gasteiger partial charge is 0.252 e. The molecule has 0 spiro atoms. The Morgan fingerprint density at radius 3 is 2.78 bits per heavy atom. The lowest BCUT2D eigenvalue weighted by molar-refractivity contribution is -0.137. The summed E-state index contributed by atoms with van der Waals surface area (Å²) < 4.78 is 0. The third-order valence-electron chi connectivity index (χ3n) is 4.04. The number of hydrogen-bond acceptors (Lipinski definition) is 5. The Morgan fingerprint density at radius 2 is 2.13 bits per heavy atom. The predicted molar refractivity (Wildman–Crippen MR) is 85.4 cm³/mol. The molecule has 1 aromatic heterocycles. The molecule has 3 atom stereocenters. The van der Waals surface area contributed by atoms with Crippen LogP contribution in [-0.4, -0.2) is 40.0 Å². The molecule has 0 bridgehead atoms. The van der Waals surface area contributed by atoms with E-state index in [0.717, 1.165) is 10.6 Å². The molecule has 1 aromatic carbocycles. The second kappa shape index (κ2) is 6.47. The van der Waals surface area contributed by atoms with Gasteiger partial charge in [0, 0.05) is 18.6 Å². The first-order valence-corrected chi connectivity index (χ1v) is 8.13. The number of nitrogens with one attached hydrogen (secondary N) is 1. The van der Waals surface area contributed by atoms with E-state index in [9.17, 15) is 14.7 Å². The summed E-state index contributed by atoms with van der Waals surface area (Å²) in [5.74, 6) is -1.62. The molecular formula is C16H17N3O3S. The Kier molecular flexibility index (Phi) is 4.40. The molecular weight excluding hydrogens is 314 g/mol. The number of aliphatic hydroxyl groups excluding tert-OH is 1. The van der Waals surface area contributed by atoms with Gasteiger partial charge < -0.3 is 15.3 Å². The number of likely N-dealkylation sites (tertiary alicyclic amines) is 1. The summed E-state index contributed by atoms with van der Waals surface area (Å²) in [5.41, 5.74) is 0.828. The third-order valence-corrected chi connectivity index (χ3v) is 4.82. The van der Waals surface area contributed by atoms with Crippen molar-refractivity contribution in [2.75, 3.05) is 7.05 Å². The van der Waals surface area contributed by atoms with Crippen molar-refractivity contribution in [3.05, 3.63) is 52.5 Å². The first-order valence-electron chi connectivity index (χ1n) is 7.25. The van der Waals surface area contributed by atoms with Crippen LogP contribution in [0.3, 0.4) is 0 Å². The lowest BCUT2D eigenvalue weighted by atomic mass is 9.91. The molecule has 1 saturated heterocycles. The first-order chi connectivity index (χ1) is 11.1. The van der Waals surface area contributed by atoms with Crippen LogP contribution in [0, 0.1) is 5.92 Å². The molecule has 3 rings (SSSR count). The van der Waals surface area contributed by atoms with Crippen molar-refractivity contribution >= 4 is 23.2 Å². The number of hydrogen-bond donors (Lipinski definition) is 2. The molecule has 6 nitrogen and oxygen atoms in total. The minimum absolute atomic E-state index is 0.291. The molecule has 120 valence electrons. The number of nitrogens with zero attached hydrogens (tertiary/aromatic N) is 2. The van der Waals surface area contributed by atoms with E-state index in [2.05, 4.69) is 10.3 Å². The van der Waals surface area contributed by atoms with Crippen LogP contribution in [0.25, 0.3) is 0 Å². The standard InChI is InChI=1S/C16H17N3O3S/c1-19-13(10-5-3-2-4-6-10)12(14(20)16(19)22)15(21)18-9-11-17-7-8-23-11/h2-8,12-14,20H,9H2,1H3,(H,18,21)/t12-,13-,14-/m1/s1. The third kappa shape index (κ3) is 2.97. The van der Waals surface area contributed by atoms with Crippen molar-refractivity contribution in [2.24, 2.45) is 5.92 Å². The highest BCUT2D eigenvalue weighted by atomic mass is 32.1. The largest absolute Gasteiger partial charge is 0.382 e. The number of thiazole rings is 1. The summed E-state index contributed by atoms with van der Waals surface area (Å²) in [6.45, 7) is 0.291. The van der Waals surface area contributed by atoms with Gasteiger partial charge in [0.2, 0.25) is 5.91 Å². The molecule has 1 fully saturated rings. The van der Waals surface area contributed by atoms with Crippen LogP contribution < -0.4 is 5.32 Å². The number of aromatic nitrogens is 1. The number of rotatable bonds is 4. The lowest BCUT2D eigenvalue weighted by Crippen LogP contribution is -2.38. The fourth-order valence-corrected chi connectivity index (χ4v) is 3.46. The highest BCUT2D eigenvalue weighted by Gasteiger charge is 2.49. The topological polar surface area (TPSA) is 82.5 Å². The Labute approximate surface area is 137 Å². The molecule has 0 saturated carbocycles. The zero-order valence-corrected chi connectivity index (χ0v) is 13.4. The molecule has 0 unspecified atom stereocenters. The van der Waals surface area contributed by atoms with E-state index in [1.807, 2.05) is 35.7 Å². The van der Waals surface area contributed by atoms with Gasteiger partial charge in [0.25, 0.3) is 5.91 Å². The monoisotopic (exact) mass is 331 g/mol. The maximum atomic E-state index is 12.6. The normalized spacial score (nSPS) is 24.0. The molecule has 7 heteroatoms. The maximum Gasteiger partial charge on any atom is 0.252 e. The Morgan fingerprint density at radius 1 is 1.39 bits per heavy atom.